The molecule has 0 aromatic carbocycles. The van der Waals surface area contributed by atoms with Gasteiger partial charge in [-0.25, -0.2) is 4.98 Å². The van der Waals surface area contributed by atoms with Crippen molar-refractivity contribution in [3.05, 3.63) is 11.1 Å². The lowest BCUT2D eigenvalue weighted by molar-refractivity contribution is 0.551. The summed E-state index contributed by atoms with van der Waals surface area (Å²) in [6.07, 6.45) is 4.22. The van der Waals surface area contributed by atoms with Crippen LogP contribution in [0.3, 0.4) is 0 Å². The number of nitrogens with zero attached hydrogens (tertiary/aromatic N) is 2. The summed E-state index contributed by atoms with van der Waals surface area (Å²) in [6, 6.07) is 1.32. The zero-order valence-electron chi connectivity index (χ0n) is 10.6. The molecule has 1 aliphatic heterocycles. The van der Waals surface area contributed by atoms with Gasteiger partial charge in [0, 0.05) is 30.6 Å². The second-order valence-electron chi connectivity index (χ2n) is 5.64. The van der Waals surface area contributed by atoms with Gasteiger partial charge in [-0.1, -0.05) is 13.8 Å². The van der Waals surface area contributed by atoms with Gasteiger partial charge in [-0.2, -0.15) is 0 Å². The maximum Gasteiger partial charge on any atom is 0.185 e. The fourth-order valence-corrected chi connectivity index (χ4v) is 3.88. The molecule has 2 bridgehead atoms. The van der Waals surface area contributed by atoms with Gasteiger partial charge in [0.15, 0.2) is 5.13 Å². The molecule has 0 radical (unpaired) electrons. The first kappa shape index (κ1) is 11.5. The number of nitrogens with one attached hydrogen (secondary N) is 1. The van der Waals surface area contributed by atoms with Gasteiger partial charge in [0.2, 0.25) is 0 Å². The average Bonchev–Trinajstić information content (AvgIpc) is 3.01. The highest BCUT2D eigenvalue weighted by Crippen LogP contribution is 2.40. The topological polar surface area (TPSA) is 28.2 Å². The first-order chi connectivity index (χ1) is 8.22. The van der Waals surface area contributed by atoms with Gasteiger partial charge in [-0.05, 0) is 25.2 Å². The summed E-state index contributed by atoms with van der Waals surface area (Å²) in [5, 5.41) is 6.88. The molecule has 1 aromatic rings. The molecule has 2 fully saturated rings. The van der Waals surface area contributed by atoms with Crippen molar-refractivity contribution in [2.24, 2.45) is 5.92 Å². The van der Waals surface area contributed by atoms with Crippen molar-refractivity contribution in [3.63, 3.8) is 0 Å². The molecular formula is C13H21N3S. The van der Waals surface area contributed by atoms with Gasteiger partial charge in [-0.15, -0.1) is 11.3 Å². The minimum absolute atomic E-state index is 0.531. The van der Waals surface area contributed by atoms with Crippen molar-refractivity contribution < 1.29 is 0 Å². The van der Waals surface area contributed by atoms with Gasteiger partial charge < -0.3 is 10.2 Å². The summed E-state index contributed by atoms with van der Waals surface area (Å²) in [5.74, 6) is 0.945. The van der Waals surface area contributed by atoms with Crippen molar-refractivity contribution in [1.82, 2.24) is 10.3 Å². The highest BCUT2D eigenvalue weighted by atomic mass is 32.1. The number of thiazole rings is 1. The summed E-state index contributed by atoms with van der Waals surface area (Å²) in [7, 11) is 0. The number of anilines is 1. The lowest BCUT2D eigenvalue weighted by Gasteiger charge is -2.26. The Bertz CT molecular complexity index is 388. The van der Waals surface area contributed by atoms with E-state index in [4.69, 9.17) is 4.98 Å². The minimum Gasteiger partial charge on any atom is -0.345 e. The molecule has 3 rings (SSSR count). The molecule has 1 saturated heterocycles. The summed E-state index contributed by atoms with van der Waals surface area (Å²) >= 11 is 1.81. The van der Waals surface area contributed by atoms with E-state index in [2.05, 4.69) is 29.4 Å². The Hall–Kier alpha value is -0.610. The molecule has 1 saturated carbocycles. The normalized spacial score (nSPS) is 27.4. The Kier molecular flexibility index (Phi) is 3.09. The molecule has 1 N–H and O–H groups in total. The Morgan fingerprint density at radius 1 is 1.53 bits per heavy atom. The van der Waals surface area contributed by atoms with Crippen LogP contribution >= 0.6 is 11.3 Å². The number of fused-ring (bicyclic) bond motifs is 2. The van der Waals surface area contributed by atoms with Gasteiger partial charge in [0.1, 0.15) is 0 Å². The Morgan fingerprint density at radius 3 is 3.06 bits per heavy atom. The van der Waals surface area contributed by atoms with Crippen LogP contribution in [0.2, 0.25) is 0 Å². The maximum atomic E-state index is 4.76. The van der Waals surface area contributed by atoms with Crippen LogP contribution in [0.25, 0.3) is 0 Å². The second kappa shape index (κ2) is 4.58. The van der Waals surface area contributed by atoms with Gasteiger partial charge in [0.25, 0.3) is 0 Å². The van der Waals surface area contributed by atoms with Crippen molar-refractivity contribution in [2.45, 2.75) is 51.7 Å². The van der Waals surface area contributed by atoms with Crippen LogP contribution in [0.1, 0.15) is 38.8 Å². The van der Waals surface area contributed by atoms with Crippen LogP contribution < -0.4 is 10.2 Å². The maximum absolute atomic E-state index is 4.76. The predicted octanol–water partition coefficient (Wildman–Crippen LogP) is 2.63. The molecule has 2 heterocycles. The molecule has 2 atom stereocenters. The molecule has 17 heavy (non-hydrogen) atoms. The number of hydrogen-bond donors (Lipinski definition) is 1. The first-order valence-corrected chi connectivity index (χ1v) is 7.55. The van der Waals surface area contributed by atoms with E-state index in [0.717, 1.165) is 18.5 Å². The molecule has 3 nitrogen and oxygen atoms in total. The minimum atomic E-state index is 0.531. The zero-order chi connectivity index (χ0) is 11.8. The SMILES string of the molecule is CC(C)NCc1csc(N2CC3CCC2C3)n1. The van der Waals surface area contributed by atoms with Crippen molar-refractivity contribution >= 4 is 16.5 Å². The van der Waals surface area contributed by atoms with E-state index in [-0.39, 0.29) is 0 Å². The van der Waals surface area contributed by atoms with Crippen LogP contribution in [-0.4, -0.2) is 23.6 Å². The molecule has 2 unspecified atom stereocenters. The van der Waals surface area contributed by atoms with E-state index in [1.165, 1.54) is 36.6 Å². The molecule has 4 heteroatoms. The Balaban J connectivity index is 1.64. The predicted molar refractivity (Wildman–Crippen MR) is 72.6 cm³/mol. The molecular weight excluding hydrogens is 230 g/mol. The quantitative estimate of drug-likeness (QED) is 0.891. The van der Waals surface area contributed by atoms with Gasteiger partial charge >= 0.3 is 0 Å². The second-order valence-corrected chi connectivity index (χ2v) is 6.48. The van der Waals surface area contributed by atoms with Crippen molar-refractivity contribution in [1.29, 1.82) is 0 Å². The summed E-state index contributed by atoms with van der Waals surface area (Å²) < 4.78 is 0. The molecule has 1 aromatic heterocycles. The van der Waals surface area contributed by atoms with Crippen LogP contribution in [0.15, 0.2) is 5.38 Å². The van der Waals surface area contributed by atoms with Crippen LogP contribution in [0, 0.1) is 5.92 Å². The lowest BCUT2D eigenvalue weighted by Crippen LogP contribution is -2.31. The van der Waals surface area contributed by atoms with E-state index < -0.39 is 0 Å². The van der Waals surface area contributed by atoms with E-state index in [1.807, 2.05) is 11.3 Å². The molecule has 2 aliphatic rings. The standard InChI is InChI=1S/C13H21N3S/c1-9(2)14-6-11-8-17-13(15-11)16-7-10-3-4-12(16)5-10/h8-10,12,14H,3-7H2,1-2H3. The fraction of sp³-hybridized carbons (Fsp3) is 0.769. The van der Waals surface area contributed by atoms with Crippen molar-refractivity contribution in [2.75, 3.05) is 11.4 Å². The van der Waals surface area contributed by atoms with Crippen LogP contribution in [0.4, 0.5) is 5.13 Å². The van der Waals surface area contributed by atoms with Crippen molar-refractivity contribution in [3.8, 4) is 0 Å². The third-order valence-electron chi connectivity index (χ3n) is 3.89. The third-order valence-corrected chi connectivity index (χ3v) is 4.81. The molecule has 0 amide bonds. The number of hydrogen-bond acceptors (Lipinski definition) is 4. The lowest BCUT2D eigenvalue weighted by atomic mass is 10.1. The molecule has 1 aliphatic carbocycles. The largest absolute Gasteiger partial charge is 0.345 e. The van der Waals surface area contributed by atoms with Gasteiger partial charge in [-0.3, -0.25) is 0 Å². The van der Waals surface area contributed by atoms with Gasteiger partial charge in [0.05, 0.1) is 5.69 Å². The summed E-state index contributed by atoms with van der Waals surface area (Å²) in [4.78, 5) is 7.30. The molecule has 0 spiro atoms. The monoisotopic (exact) mass is 251 g/mol. The highest BCUT2D eigenvalue weighted by molar-refractivity contribution is 7.13. The summed E-state index contributed by atoms with van der Waals surface area (Å²) in [6.45, 7) is 6.49. The number of piperidine rings is 1. The number of rotatable bonds is 4. The fourth-order valence-electron chi connectivity index (χ4n) is 2.98. The first-order valence-electron chi connectivity index (χ1n) is 6.67. The van der Waals surface area contributed by atoms with E-state index in [1.54, 1.807) is 0 Å². The number of aromatic nitrogens is 1. The van der Waals surface area contributed by atoms with E-state index >= 15 is 0 Å². The average molecular weight is 251 g/mol. The third kappa shape index (κ3) is 2.33. The Morgan fingerprint density at radius 2 is 2.41 bits per heavy atom. The Labute approximate surface area is 107 Å². The molecule has 94 valence electrons. The smallest absolute Gasteiger partial charge is 0.185 e. The van der Waals surface area contributed by atoms with E-state index in [9.17, 15) is 0 Å². The van der Waals surface area contributed by atoms with E-state index in [0.29, 0.717) is 6.04 Å². The zero-order valence-corrected chi connectivity index (χ0v) is 11.5. The van der Waals surface area contributed by atoms with Crippen LogP contribution in [0.5, 0.6) is 0 Å². The summed E-state index contributed by atoms with van der Waals surface area (Å²) in [5.41, 5.74) is 1.20. The highest BCUT2D eigenvalue weighted by Gasteiger charge is 2.38. The van der Waals surface area contributed by atoms with Crippen LogP contribution in [-0.2, 0) is 6.54 Å².